The predicted molar refractivity (Wildman–Crippen MR) is 96.1 cm³/mol. The Morgan fingerprint density at radius 3 is 2.38 bits per heavy atom. The van der Waals surface area contributed by atoms with Gasteiger partial charge in [0.05, 0.1) is 5.54 Å². The van der Waals surface area contributed by atoms with Crippen molar-refractivity contribution in [2.24, 2.45) is 5.73 Å². The Bertz CT molecular complexity index is 582. The molecule has 2 amide bonds. The molecule has 0 aromatic heterocycles. The molecule has 1 aliphatic carbocycles. The van der Waals surface area contributed by atoms with Crippen LogP contribution >= 0.6 is 12.4 Å². The molecule has 0 unspecified atom stereocenters. The third-order valence-corrected chi connectivity index (χ3v) is 5.09. The van der Waals surface area contributed by atoms with E-state index in [9.17, 15) is 9.59 Å². The number of nitrogens with two attached hydrogens (primary N) is 1. The van der Waals surface area contributed by atoms with E-state index in [4.69, 9.17) is 5.73 Å². The highest BCUT2D eigenvalue weighted by molar-refractivity contribution is 5.94. The van der Waals surface area contributed by atoms with E-state index >= 15 is 0 Å². The molecule has 0 atom stereocenters. The summed E-state index contributed by atoms with van der Waals surface area (Å²) in [7, 11) is 0. The number of hydrogen-bond acceptors (Lipinski definition) is 3. The van der Waals surface area contributed by atoms with Gasteiger partial charge in [-0.25, -0.2) is 0 Å². The number of carbonyl (C=O) groups excluding carboxylic acids is 2. The van der Waals surface area contributed by atoms with Crippen LogP contribution in [0.25, 0.3) is 0 Å². The monoisotopic (exact) mass is 351 g/mol. The lowest BCUT2D eigenvalue weighted by Crippen LogP contribution is -2.51. The SMILES string of the molecule is Cl.NCC1(NC(=O)c2ccc(CN3CCCC3=O)cc2)CCCC1. The van der Waals surface area contributed by atoms with Gasteiger partial charge in [-0.2, -0.15) is 0 Å². The van der Waals surface area contributed by atoms with Crippen molar-refractivity contribution in [3.05, 3.63) is 35.4 Å². The van der Waals surface area contributed by atoms with Crippen molar-refractivity contribution in [2.75, 3.05) is 13.1 Å². The maximum Gasteiger partial charge on any atom is 0.251 e. The molecule has 5 nitrogen and oxygen atoms in total. The van der Waals surface area contributed by atoms with Crippen molar-refractivity contribution < 1.29 is 9.59 Å². The number of carbonyl (C=O) groups is 2. The van der Waals surface area contributed by atoms with Gasteiger partial charge in [-0.15, -0.1) is 12.4 Å². The van der Waals surface area contributed by atoms with Gasteiger partial charge in [-0.3, -0.25) is 9.59 Å². The van der Waals surface area contributed by atoms with Gasteiger partial charge >= 0.3 is 0 Å². The topological polar surface area (TPSA) is 75.4 Å². The summed E-state index contributed by atoms with van der Waals surface area (Å²) >= 11 is 0. The Kier molecular flexibility index (Phi) is 6.24. The molecule has 3 rings (SSSR count). The lowest BCUT2D eigenvalue weighted by Gasteiger charge is -2.28. The molecule has 24 heavy (non-hydrogen) atoms. The van der Waals surface area contributed by atoms with E-state index in [0.717, 1.165) is 44.2 Å². The molecule has 1 heterocycles. The molecule has 6 heteroatoms. The Hall–Kier alpha value is -1.59. The van der Waals surface area contributed by atoms with Crippen molar-refractivity contribution in [1.29, 1.82) is 0 Å². The summed E-state index contributed by atoms with van der Waals surface area (Å²) in [5.41, 5.74) is 7.36. The van der Waals surface area contributed by atoms with E-state index in [0.29, 0.717) is 25.1 Å². The standard InChI is InChI=1S/C18H25N3O2.ClH/c19-13-18(9-1-2-10-18)20-17(23)15-7-5-14(6-8-15)12-21-11-3-4-16(21)22;/h5-8H,1-4,9-13,19H2,(H,20,23);1H. The number of likely N-dealkylation sites (tertiary alicyclic amines) is 1. The van der Waals surface area contributed by atoms with Gasteiger partial charge in [0, 0.05) is 31.6 Å². The molecule has 0 spiro atoms. The first-order chi connectivity index (χ1) is 11.1. The minimum absolute atomic E-state index is 0. The molecule has 132 valence electrons. The van der Waals surface area contributed by atoms with Gasteiger partial charge < -0.3 is 16.0 Å². The fourth-order valence-electron chi connectivity index (χ4n) is 3.60. The lowest BCUT2D eigenvalue weighted by atomic mass is 9.97. The van der Waals surface area contributed by atoms with Crippen LogP contribution in [0.1, 0.15) is 54.4 Å². The third-order valence-electron chi connectivity index (χ3n) is 5.09. The number of halogens is 1. The number of rotatable bonds is 5. The Morgan fingerprint density at radius 1 is 1.17 bits per heavy atom. The van der Waals surface area contributed by atoms with Crippen molar-refractivity contribution in [3.8, 4) is 0 Å². The van der Waals surface area contributed by atoms with E-state index in [1.165, 1.54) is 0 Å². The first-order valence-corrected chi connectivity index (χ1v) is 8.51. The molecule has 1 aliphatic heterocycles. The molecule has 2 fully saturated rings. The van der Waals surface area contributed by atoms with Crippen LogP contribution in [-0.4, -0.2) is 35.3 Å². The van der Waals surface area contributed by atoms with Gasteiger partial charge in [0.15, 0.2) is 0 Å². The molecular weight excluding hydrogens is 326 g/mol. The largest absolute Gasteiger partial charge is 0.345 e. The average molecular weight is 352 g/mol. The van der Waals surface area contributed by atoms with E-state index in [2.05, 4.69) is 5.32 Å². The van der Waals surface area contributed by atoms with Crippen molar-refractivity contribution >= 4 is 24.2 Å². The van der Waals surface area contributed by atoms with E-state index in [1.54, 1.807) is 0 Å². The first-order valence-electron chi connectivity index (χ1n) is 8.51. The van der Waals surface area contributed by atoms with Gasteiger partial charge in [0.25, 0.3) is 5.91 Å². The van der Waals surface area contributed by atoms with Crippen molar-refractivity contribution in [2.45, 2.75) is 50.6 Å². The number of hydrogen-bond donors (Lipinski definition) is 2. The van der Waals surface area contributed by atoms with E-state index in [1.807, 2.05) is 29.2 Å². The van der Waals surface area contributed by atoms with E-state index in [-0.39, 0.29) is 29.8 Å². The summed E-state index contributed by atoms with van der Waals surface area (Å²) in [5.74, 6) is 0.166. The molecule has 1 aromatic rings. The van der Waals surface area contributed by atoms with Gasteiger partial charge in [0.2, 0.25) is 5.91 Å². The minimum Gasteiger partial charge on any atom is -0.345 e. The van der Waals surface area contributed by atoms with E-state index < -0.39 is 0 Å². The zero-order chi connectivity index (χ0) is 16.3. The Morgan fingerprint density at radius 2 is 1.83 bits per heavy atom. The number of amides is 2. The first kappa shape index (κ1) is 18.7. The van der Waals surface area contributed by atoms with Crippen LogP contribution in [0.3, 0.4) is 0 Å². The highest BCUT2D eigenvalue weighted by Crippen LogP contribution is 2.29. The van der Waals surface area contributed by atoms with Crippen molar-refractivity contribution in [1.82, 2.24) is 10.2 Å². The van der Waals surface area contributed by atoms with Gasteiger partial charge in [-0.1, -0.05) is 25.0 Å². The second-order valence-electron chi connectivity index (χ2n) is 6.76. The summed E-state index contributed by atoms with van der Waals surface area (Å²) in [6.45, 7) is 1.96. The summed E-state index contributed by atoms with van der Waals surface area (Å²) in [6.07, 6.45) is 5.78. The van der Waals surface area contributed by atoms with Crippen LogP contribution in [0.15, 0.2) is 24.3 Å². The molecule has 2 aliphatic rings. The minimum atomic E-state index is -0.224. The fraction of sp³-hybridized carbons (Fsp3) is 0.556. The van der Waals surface area contributed by atoms with Gasteiger partial charge in [-0.05, 0) is 37.0 Å². The summed E-state index contributed by atoms with van der Waals surface area (Å²) in [6, 6.07) is 7.54. The molecular formula is C18H26ClN3O2. The zero-order valence-electron chi connectivity index (χ0n) is 13.9. The molecule has 3 N–H and O–H groups in total. The number of nitrogens with zero attached hydrogens (tertiary/aromatic N) is 1. The maximum atomic E-state index is 12.4. The number of nitrogens with one attached hydrogen (secondary N) is 1. The summed E-state index contributed by atoms with van der Waals surface area (Å²) in [5, 5.41) is 3.13. The molecule has 0 bridgehead atoms. The Balaban J connectivity index is 0.00000208. The van der Waals surface area contributed by atoms with Crippen LogP contribution < -0.4 is 11.1 Å². The van der Waals surface area contributed by atoms with Gasteiger partial charge in [0.1, 0.15) is 0 Å². The van der Waals surface area contributed by atoms with Crippen molar-refractivity contribution in [3.63, 3.8) is 0 Å². The lowest BCUT2D eigenvalue weighted by molar-refractivity contribution is -0.128. The zero-order valence-corrected chi connectivity index (χ0v) is 14.7. The second-order valence-corrected chi connectivity index (χ2v) is 6.76. The van der Waals surface area contributed by atoms with Crippen LogP contribution in [0.2, 0.25) is 0 Å². The predicted octanol–water partition coefficient (Wildman–Crippen LogP) is 2.23. The summed E-state index contributed by atoms with van der Waals surface area (Å²) < 4.78 is 0. The normalized spacial score (nSPS) is 19.2. The fourth-order valence-corrected chi connectivity index (χ4v) is 3.60. The average Bonchev–Trinajstić information content (AvgIpc) is 3.18. The molecule has 1 saturated heterocycles. The molecule has 0 radical (unpaired) electrons. The highest BCUT2D eigenvalue weighted by atomic mass is 35.5. The Labute approximate surface area is 149 Å². The highest BCUT2D eigenvalue weighted by Gasteiger charge is 2.34. The van der Waals surface area contributed by atoms with Crippen LogP contribution in [-0.2, 0) is 11.3 Å². The van der Waals surface area contributed by atoms with Crippen LogP contribution in [0.5, 0.6) is 0 Å². The quantitative estimate of drug-likeness (QED) is 0.854. The smallest absolute Gasteiger partial charge is 0.251 e. The summed E-state index contributed by atoms with van der Waals surface area (Å²) in [4.78, 5) is 26.0. The van der Waals surface area contributed by atoms with Crippen LogP contribution in [0.4, 0.5) is 0 Å². The molecule has 1 saturated carbocycles. The number of benzene rings is 1. The third kappa shape index (κ3) is 4.08. The molecule has 1 aromatic carbocycles. The second kappa shape index (κ2) is 7.99. The maximum absolute atomic E-state index is 12.4. The van der Waals surface area contributed by atoms with Crippen LogP contribution in [0, 0.1) is 0 Å².